The summed E-state index contributed by atoms with van der Waals surface area (Å²) in [4.78, 5) is 24.9. The number of rotatable bonds is 8. The number of ether oxygens (including phenoxy) is 2. The van der Waals surface area contributed by atoms with E-state index in [9.17, 15) is 9.59 Å². The maximum atomic E-state index is 12.9. The van der Waals surface area contributed by atoms with E-state index in [-0.39, 0.29) is 17.5 Å². The number of fused-ring (bicyclic) bond motifs is 3. The highest BCUT2D eigenvalue weighted by atomic mass is 16.5. The Balaban J connectivity index is 1.84. The van der Waals surface area contributed by atoms with Crippen LogP contribution in [0.4, 0.5) is 0 Å². The summed E-state index contributed by atoms with van der Waals surface area (Å²) in [5, 5.41) is 0.784. The predicted octanol–water partition coefficient (Wildman–Crippen LogP) is 5.57. The van der Waals surface area contributed by atoms with E-state index in [0.29, 0.717) is 41.4 Å². The third kappa shape index (κ3) is 4.30. The van der Waals surface area contributed by atoms with Gasteiger partial charge in [-0.15, -0.1) is 0 Å². The summed E-state index contributed by atoms with van der Waals surface area (Å²) < 4.78 is 17.0. The average Bonchev–Trinajstić information content (AvgIpc) is 2.92. The van der Waals surface area contributed by atoms with Crippen LogP contribution in [0.1, 0.15) is 65.9 Å². The number of ketones is 1. The molecule has 0 amide bonds. The second kappa shape index (κ2) is 8.66. The predicted molar refractivity (Wildman–Crippen MR) is 119 cm³/mol. The van der Waals surface area contributed by atoms with Gasteiger partial charge < -0.3 is 13.9 Å². The van der Waals surface area contributed by atoms with E-state index in [0.717, 1.165) is 23.8 Å². The van der Waals surface area contributed by atoms with Crippen molar-refractivity contribution in [2.75, 3.05) is 7.11 Å². The zero-order chi connectivity index (χ0) is 22.1. The molecule has 2 atom stereocenters. The fourth-order valence-electron chi connectivity index (χ4n) is 4.26. The molecule has 0 fully saturated rings. The molecule has 162 valence electrons. The average molecular weight is 413 g/mol. The van der Waals surface area contributed by atoms with Crippen molar-refractivity contribution in [3.05, 3.63) is 45.8 Å². The summed E-state index contributed by atoms with van der Waals surface area (Å²) in [5.74, 6) is 1.90. The van der Waals surface area contributed by atoms with Crippen LogP contribution in [0.15, 0.2) is 39.1 Å². The number of hydrogen-bond donors (Lipinski definition) is 0. The Morgan fingerprint density at radius 1 is 1.33 bits per heavy atom. The lowest BCUT2D eigenvalue weighted by molar-refractivity contribution is -0.119. The smallest absolute Gasteiger partial charge is 0.343 e. The van der Waals surface area contributed by atoms with Crippen LogP contribution in [0, 0.1) is 5.92 Å². The first-order valence-electron chi connectivity index (χ1n) is 10.6. The van der Waals surface area contributed by atoms with Crippen molar-refractivity contribution in [3.8, 4) is 11.5 Å². The van der Waals surface area contributed by atoms with Gasteiger partial charge in [0.25, 0.3) is 0 Å². The van der Waals surface area contributed by atoms with Crippen LogP contribution >= 0.6 is 0 Å². The number of carbonyl (C=O) groups is 1. The molecule has 3 rings (SSSR count). The highest BCUT2D eigenvalue weighted by molar-refractivity contribution is 5.86. The number of benzene rings is 1. The van der Waals surface area contributed by atoms with Crippen LogP contribution in [0.3, 0.4) is 0 Å². The number of hydrogen-bond acceptors (Lipinski definition) is 5. The second-order valence-corrected chi connectivity index (χ2v) is 9.04. The van der Waals surface area contributed by atoms with Crippen molar-refractivity contribution in [3.63, 3.8) is 0 Å². The van der Waals surface area contributed by atoms with Crippen LogP contribution in [0.25, 0.3) is 11.0 Å². The summed E-state index contributed by atoms with van der Waals surface area (Å²) in [6, 6.07) is 5.42. The van der Waals surface area contributed by atoms with Crippen molar-refractivity contribution in [1.29, 1.82) is 0 Å². The minimum Gasteiger partial charge on any atom is -0.497 e. The lowest BCUT2D eigenvalue weighted by Crippen LogP contribution is -2.35. The maximum absolute atomic E-state index is 12.9. The first kappa shape index (κ1) is 22.1. The Kier molecular flexibility index (Phi) is 6.39. The number of methoxy groups -OCH3 is 1. The van der Waals surface area contributed by atoms with E-state index in [1.54, 1.807) is 13.2 Å². The van der Waals surface area contributed by atoms with Crippen molar-refractivity contribution in [1.82, 2.24) is 0 Å². The van der Waals surface area contributed by atoms with E-state index < -0.39 is 5.41 Å². The molecule has 2 aromatic rings. The molecule has 5 nitrogen and oxygen atoms in total. The zero-order valence-corrected chi connectivity index (χ0v) is 18.8. The topological polar surface area (TPSA) is 65.7 Å². The molecular formula is C25H32O5. The van der Waals surface area contributed by atoms with Crippen LogP contribution in [-0.4, -0.2) is 19.0 Å². The van der Waals surface area contributed by atoms with Gasteiger partial charge in [0.15, 0.2) is 0 Å². The second-order valence-electron chi connectivity index (χ2n) is 9.04. The van der Waals surface area contributed by atoms with Gasteiger partial charge in [0, 0.05) is 24.3 Å². The Labute approximate surface area is 178 Å². The van der Waals surface area contributed by atoms with Gasteiger partial charge in [-0.25, -0.2) is 4.79 Å². The van der Waals surface area contributed by atoms with Gasteiger partial charge in [-0.2, -0.15) is 0 Å². The molecule has 0 N–H and O–H groups in total. The molecule has 1 aromatic heterocycles. The van der Waals surface area contributed by atoms with Crippen molar-refractivity contribution < 1.29 is 18.7 Å². The standard InChI is InChI=1S/C25H32O5/c1-15(2)12-18(26)13-16(3)8-7-11-25(5)17(4)29-23-20-10-9-19(28-6)14-21(20)30-24(27)22(23)25/h8-10,14-15,17H,7,11-13H2,1-6H3/b16-8+/t17-,25-/m1/s1. The molecule has 0 saturated carbocycles. The molecule has 1 aliphatic rings. The lowest BCUT2D eigenvalue weighted by Gasteiger charge is -2.26. The largest absolute Gasteiger partial charge is 0.497 e. The van der Waals surface area contributed by atoms with E-state index in [1.165, 1.54) is 0 Å². The van der Waals surface area contributed by atoms with Gasteiger partial charge in [-0.05, 0) is 44.7 Å². The highest BCUT2D eigenvalue weighted by Crippen LogP contribution is 2.47. The van der Waals surface area contributed by atoms with Crippen molar-refractivity contribution in [2.45, 2.75) is 71.8 Å². The number of Topliss-reactive ketones (excluding diaryl/α,β-unsaturated/α-hetero) is 1. The third-order valence-electron chi connectivity index (χ3n) is 6.10. The molecule has 0 saturated heterocycles. The van der Waals surface area contributed by atoms with Gasteiger partial charge in [0.05, 0.1) is 18.1 Å². The van der Waals surface area contributed by atoms with Gasteiger partial charge >= 0.3 is 5.63 Å². The highest BCUT2D eigenvalue weighted by Gasteiger charge is 2.46. The van der Waals surface area contributed by atoms with Crippen LogP contribution in [-0.2, 0) is 10.2 Å². The SMILES string of the molecule is COc1ccc2c3c(c(=O)oc2c1)[C@](C)(CC/C=C(\C)CC(=O)CC(C)C)[C@@H](C)O3. The minimum atomic E-state index is -0.456. The Morgan fingerprint density at radius 3 is 2.73 bits per heavy atom. The molecule has 0 spiro atoms. The van der Waals surface area contributed by atoms with Crippen molar-refractivity contribution >= 4 is 16.8 Å². The fraction of sp³-hybridized carbons (Fsp3) is 0.520. The van der Waals surface area contributed by atoms with Crippen LogP contribution in [0.2, 0.25) is 0 Å². The molecule has 0 aliphatic carbocycles. The molecule has 0 bridgehead atoms. The van der Waals surface area contributed by atoms with Crippen LogP contribution in [0.5, 0.6) is 11.5 Å². The maximum Gasteiger partial charge on any atom is 0.343 e. The van der Waals surface area contributed by atoms with Crippen molar-refractivity contribution in [2.24, 2.45) is 5.92 Å². The Hall–Kier alpha value is -2.56. The quantitative estimate of drug-likeness (QED) is 0.419. The van der Waals surface area contributed by atoms with E-state index in [4.69, 9.17) is 13.9 Å². The molecule has 1 aromatic carbocycles. The van der Waals surface area contributed by atoms with Gasteiger partial charge in [-0.1, -0.05) is 32.4 Å². The molecule has 1 aliphatic heterocycles. The molecule has 0 radical (unpaired) electrons. The van der Waals surface area contributed by atoms with E-state index >= 15 is 0 Å². The first-order valence-corrected chi connectivity index (χ1v) is 10.6. The normalized spacial score (nSPS) is 21.0. The summed E-state index contributed by atoms with van der Waals surface area (Å²) in [6.45, 7) is 10.2. The summed E-state index contributed by atoms with van der Waals surface area (Å²) in [5.41, 5.74) is 1.34. The zero-order valence-electron chi connectivity index (χ0n) is 18.8. The van der Waals surface area contributed by atoms with E-state index in [1.807, 2.05) is 26.0 Å². The lowest BCUT2D eigenvalue weighted by atomic mass is 9.76. The van der Waals surface area contributed by atoms with Gasteiger partial charge in [-0.3, -0.25) is 4.79 Å². The molecule has 0 unspecified atom stereocenters. The molecule has 30 heavy (non-hydrogen) atoms. The summed E-state index contributed by atoms with van der Waals surface area (Å²) in [6.07, 6.45) is 4.57. The first-order chi connectivity index (χ1) is 14.2. The molecule has 2 heterocycles. The fourth-order valence-corrected chi connectivity index (χ4v) is 4.26. The summed E-state index contributed by atoms with van der Waals surface area (Å²) in [7, 11) is 1.58. The summed E-state index contributed by atoms with van der Waals surface area (Å²) >= 11 is 0. The van der Waals surface area contributed by atoms with Gasteiger partial charge in [0.1, 0.15) is 29.0 Å². The third-order valence-corrected chi connectivity index (χ3v) is 6.10. The molecular weight excluding hydrogens is 380 g/mol. The Morgan fingerprint density at radius 2 is 2.07 bits per heavy atom. The van der Waals surface area contributed by atoms with Crippen LogP contribution < -0.4 is 15.1 Å². The number of carbonyl (C=O) groups excluding carboxylic acids is 1. The molecule has 5 heteroatoms. The Bertz CT molecular complexity index is 1030. The van der Waals surface area contributed by atoms with E-state index in [2.05, 4.69) is 26.8 Å². The van der Waals surface area contributed by atoms with Gasteiger partial charge in [0.2, 0.25) is 0 Å². The minimum absolute atomic E-state index is 0.153. The number of allylic oxidation sites excluding steroid dienone is 2. The monoisotopic (exact) mass is 412 g/mol.